The van der Waals surface area contributed by atoms with Crippen LogP contribution in [-0.4, -0.2) is 36.3 Å². The molecule has 0 saturated carbocycles. The molecule has 2 heterocycles. The fourth-order valence-electron chi connectivity index (χ4n) is 4.69. The van der Waals surface area contributed by atoms with Gasteiger partial charge in [0.15, 0.2) is 0 Å². The minimum atomic E-state index is -3.67. The van der Waals surface area contributed by atoms with Crippen molar-refractivity contribution >= 4 is 26.6 Å². The summed E-state index contributed by atoms with van der Waals surface area (Å²) < 4.78 is 30.6. The van der Waals surface area contributed by atoms with E-state index in [1.165, 1.54) is 0 Å². The van der Waals surface area contributed by atoms with E-state index in [0.29, 0.717) is 17.7 Å². The van der Waals surface area contributed by atoms with Gasteiger partial charge in [0.25, 0.3) is 0 Å². The standard InChI is InChI=1S/C32H27N5O2S/c38-40(39,30-17-9-13-24-10-7-8-16-28(24)30)35-21-20-34-31-22-26(18-19-33-31)29-23-37(27-14-5-2-6-15-27)36-32(29)25-11-3-1-4-12-25/h1-19,22-23,35H,20-21H2,(H,33,34). The van der Waals surface area contributed by atoms with E-state index in [2.05, 4.69) is 15.0 Å². The number of anilines is 1. The molecule has 0 spiro atoms. The summed E-state index contributed by atoms with van der Waals surface area (Å²) in [6, 6.07) is 36.7. The lowest BCUT2D eigenvalue weighted by Gasteiger charge is -2.11. The van der Waals surface area contributed by atoms with Gasteiger partial charge in [-0.3, -0.25) is 0 Å². The SMILES string of the molecule is O=S(=O)(NCCNc1cc(-c2cn(-c3ccccc3)nc2-c2ccccc2)ccn1)c1cccc2ccccc12. The molecule has 0 aliphatic rings. The molecule has 198 valence electrons. The molecule has 0 unspecified atom stereocenters. The largest absolute Gasteiger partial charge is 0.369 e. The molecule has 0 aliphatic heterocycles. The number of nitrogens with zero attached hydrogens (tertiary/aromatic N) is 3. The van der Waals surface area contributed by atoms with Crippen LogP contribution in [0.1, 0.15) is 0 Å². The first-order valence-electron chi connectivity index (χ1n) is 13.0. The molecule has 8 heteroatoms. The van der Waals surface area contributed by atoms with Crippen LogP contribution in [0, 0.1) is 0 Å². The average Bonchev–Trinajstić information content (AvgIpc) is 3.46. The van der Waals surface area contributed by atoms with Crippen LogP contribution in [0.25, 0.3) is 38.8 Å². The Hall–Kier alpha value is -4.79. The van der Waals surface area contributed by atoms with Crippen molar-refractivity contribution in [1.82, 2.24) is 19.5 Å². The summed E-state index contributed by atoms with van der Waals surface area (Å²) in [5.74, 6) is 0.647. The lowest BCUT2D eigenvalue weighted by atomic mass is 10.0. The third kappa shape index (κ3) is 5.36. The molecule has 0 bridgehead atoms. The second-order valence-corrected chi connectivity index (χ2v) is 11.0. The fraction of sp³-hybridized carbons (Fsp3) is 0.0625. The molecule has 40 heavy (non-hydrogen) atoms. The topological polar surface area (TPSA) is 88.9 Å². The molecule has 0 atom stereocenters. The van der Waals surface area contributed by atoms with Gasteiger partial charge in [-0.2, -0.15) is 5.10 Å². The Morgan fingerprint density at radius 1 is 0.725 bits per heavy atom. The van der Waals surface area contributed by atoms with E-state index in [-0.39, 0.29) is 11.4 Å². The molecule has 0 saturated heterocycles. The van der Waals surface area contributed by atoms with E-state index >= 15 is 0 Å². The Kier molecular flexibility index (Phi) is 7.09. The van der Waals surface area contributed by atoms with Crippen LogP contribution in [0.4, 0.5) is 5.82 Å². The molecule has 2 aromatic heterocycles. The minimum Gasteiger partial charge on any atom is -0.369 e. The summed E-state index contributed by atoms with van der Waals surface area (Å²) in [4.78, 5) is 4.72. The second-order valence-electron chi connectivity index (χ2n) is 9.27. The maximum absolute atomic E-state index is 13.0. The van der Waals surface area contributed by atoms with Crippen LogP contribution < -0.4 is 10.0 Å². The van der Waals surface area contributed by atoms with Crippen molar-refractivity contribution in [2.45, 2.75) is 4.90 Å². The number of pyridine rings is 1. The highest BCUT2D eigenvalue weighted by atomic mass is 32.2. The Balaban J connectivity index is 1.20. The molecule has 0 amide bonds. The van der Waals surface area contributed by atoms with E-state index in [1.54, 1.807) is 18.3 Å². The van der Waals surface area contributed by atoms with Gasteiger partial charge in [-0.05, 0) is 41.3 Å². The molecule has 6 aromatic rings. The first-order chi connectivity index (χ1) is 19.6. The molecular formula is C32H27N5O2S. The van der Waals surface area contributed by atoms with Gasteiger partial charge < -0.3 is 5.32 Å². The Labute approximate surface area is 233 Å². The quantitative estimate of drug-likeness (QED) is 0.213. The molecule has 0 radical (unpaired) electrons. The summed E-state index contributed by atoms with van der Waals surface area (Å²) in [6.45, 7) is 0.577. The summed E-state index contributed by atoms with van der Waals surface area (Å²) in [6.07, 6.45) is 3.77. The maximum atomic E-state index is 13.0. The highest BCUT2D eigenvalue weighted by molar-refractivity contribution is 7.89. The van der Waals surface area contributed by atoms with Gasteiger partial charge in [0.2, 0.25) is 10.0 Å². The molecular weight excluding hydrogens is 518 g/mol. The van der Waals surface area contributed by atoms with E-state index in [4.69, 9.17) is 5.10 Å². The van der Waals surface area contributed by atoms with Crippen molar-refractivity contribution in [3.05, 3.63) is 128 Å². The van der Waals surface area contributed by atoms with Crippen molar-refractivity contribution in [2.24, 2.45) is 0 Å². The number of nitrogens with one attached hydrogen (secondary N) is 2. The first kappa shape index (κ1) is 25.5. The predicted molar refractivity (Wildman–Crippen MR) is 160 cm³/mol. The van der Waals surface area contributed by atoms with Crippen LogP contribution in [0.5, 0.6) is 0 Å². The van der Waals surface area contributed by atoms with E-state index < -0.39 is 10.0 Å². The van der Waals surface area contributed by atoms with Crippen LogP contribution in [0.2, 0.25) is 0 Å². The Morgan fingerprint density at radius 3 is 2.27 bits per heavy atom. The smallest absolute Gasteiger partial charge is 0.241 e. The van der Waals surface area contributed by atoms with E-state index in [1.807, 2.05) is 114 Å². The zero-order valence-electron chi connectivity index (χ0n) is 21.6. The number of fused-ring (bicyclic) bond motifs is 1. The zero-order chi connectivity index (χ0) is 27.4. The van der Waals surface area contributed by atoms with Crippen molar-refractivity contribution in [2.75, 3.05) is 18.4 Å². The summed E-state index contributed by atoms with van der Waals surface area (Å²) >= 11 is 0. The lowest BCUT2D eigenvalue weighted by Crippen LogP contribution is -2.29. The van der Waals surface area contributed by atoms with Crippen molar-refractivity contribution in [1.29, 1.82) is 0 Å². The fourth-order valence-corrected chi connectivity index (χ4v) is 5.95. The number of hydrogen-bond acceptors (Lipinski definition) is 5. The Morgan fingerprint density at radius 2 is 1.45 bits per heavy atom. The van der Waals surface area contributed by atoms with Gasteiger partial charge in [-0.25, -0.2) is 22.8 Å². The van der Waals surface area contributed by atoms with Crippen LogP contribution in [0.3, 0.4) is 0 Å². The minimum absolute atomic E-state index is 0.207. The summed E-state index contributed by atoms with van der Waals surface area (Å²) in [7, 11) is -3.67. The highest BCUT2D eigenvalue weighted by Gasteiger charge is 2.17. The zero-order valence-corrected chi connectivity index (χ0v) is 22.4. The number of para-hydroxylation sites is 1. The highest BCUT2D eigenvalue weighted by Crippen LogP contribution is 2.32. The van der Waals surface area contributed by atoms with Gasteiger partial charge >= 0.3 is 0 Å². The van der Waals surface area contributed by atoms with E-state index in [9.17, 15) is 8.42 Å². The van der Waals surface area contributed by atoms with Crippen LogP contribution >= 0.6 is 0 Å². The Bertz CT molecular complexity index is 1870. The molecule has 6 rings (SSSR count). The van der Waals surface area contributed by atoms with Crippen LogP contribution in [0.15, 0.2) is 133 Å². The molecule has 0 aliphatic carbocycles. The van der Waals surface area contributed by atoms with Gasteiger partial charge in [0.1, 0.15) is 11.5 Å². The number of rotatable bonds is 9. The van der Waals surface area contributed by atoms with Gasteiger partial charge in [-0.1, -0.05) is 84.9 Å². The number of benzene rings is 4. The predicted octanol–water partition coefficient (Wildman–Crippen LogP) is 6.14. The van der Waals surface area contributed by atoms with Crippen molar-refractivity contribution in [3.8, 4) is 28.1 Å². The monoisotopic (exact) mass is 545 g/mol. The number of hydrogen-bond donors (Lipinski definition) is 2. The third-order valence-corrected chi connectivity index (χ3v) is 8.13. The van der Waals surface area contributed by atoms with Gasteiger partial charge in [0, 0.05) is 42.0 Å². The average molecular weight is 546 g/mol. The first-order valence-corrected chi connectivity index (χ1v) is 14.4. The molecule has 0 fully saturated rings. The van der Waals surface area contributed by atoms with Gasteiger partial charge in [-0.15, -0.1) is 0 Å². The summed E-state index contributed by atoms with van der Waals surface area (Å²) in [5.41, 5.74) is 4.77. The van der Waals surface area contributed by atoms with Crippen LogP contribution in [-0.2, 0) is 10.0 Å². The molecule has 7 nitrogen and oxygen atoms in total. The van der Waals surface area contributed by atoms with E-state index in [0.717, 1.165) is 33.5 Å². The second kappa shape index (κ2) is 11.1. The molecule has 4 aromatic carbocycles. The normalized spacial score (nSPS) is 11.5. The number of sulfonamides is 1. The number of aromatic nitrogens is 3. The molecule has 2 N–H and O–H groups in total. The summed E-state index contributed by atoms with van der Waals surface area (Å²) in [5, 5.41) is 9.74. The van der Waals surface area contributed by atoms with Crippen molar-refractivity contribution in [3.63, 3.8) is 0 Å². The third-order valence-electron chi connectivity index (χ3n) is 6.62. The lowest BCUT2D eigenvalue weighted by molar-refractivity contribution is 0.584. The van der Waals surface area contributed by atoms with Crippen molar-refractivity contribution < 1.29 is 8.42 Å². The maximum Gasteiger partial charge on any atom is 0.241 e. The van der Waals surface area contributed by atoms with Gasteiger partial charge in [0.05, 0.1) is 10.6 Å².